The van der Waals surface area contributed by atoms with Crippen molar-refractivity contribution in [1.29, 1.82) is 0 Å². The van der Waals surface area contributed by atoms with E-state index in [0.717, 1.165) is 13.0 Å². The van der Waals surface area contributed by atoms with Crippen molar-refractivity contribution in [3.8, 4) is 0 Å². The highest BCUT2D eigenvalue weighted by atomic mass is 16.6. The number of aliphatic hydroxyl groups is 2. The van der Waals surface area contributed by atoms with Crippen LogP contribution in [-0.2, 0) is 4.74 Å². The highest BCUT2D eigenvalue weighted by Gasteiger charge is 2.42. The normalized spacial score (nSPS) is 43.4. The molecule has 3 heteroatoms. The standard InChI is InChI=1S/C8H14O3/c9-8(10)7-6-3-1-2-5(6)4-11-7/h5-10H,1-4H2. The third-order valence-corrected chi connectivity index (χ3v) is 2.94. The first-order chi connectivity index (χ1) is 5.29. The maximum atomic E-state index is 8.93. The van der Waals surface area contributed by atoms with E-state index in [0.29, 0.717) is 11.8 Å². The van der Waals surface area contributed by atoms with Gasteiger partial charge in [0.2, 0.25) is 0 Å². The lowest BCUT2D eigenvalue weighted by atomic mass is 9.94. The van der Waals surface area contributed by atoms with E-state index in [9.17, 15) is 0 Å². The molecule has 1 heterocycles. The number of aliphatic hydroxyl groups excluding tert-OH is 1. The zero-order chi connectivity index (χ0) is 7.84. The average Bonchev–Trinajstić information content (AvgIpc) is 2.41. The van der Waals surface area contributed by atoms with E-state index in [1.54, 1.807) is 0 Å². The molecule has 0 aromatic rings. The van der Waals surface area contributed by atoms with Gasteiger partial charge in [-0.05, 0) is 24.7 Å². The van der Waals surface area contributed by atoms with Crippen LogP contribution in [0.1, 0.15) is 19.3 Å². The predicted octanol–water partition coefficient (Wildman–Crippen LogP) is 0.112. The maximum absolute atomic E-state index is 8.93. The highest BCUT2D eigenvalue weighted by molar-refractivity contribution is 4.89. The Kier molecular flexibility index (Phi) is 1.87. The van der Waals surface area contributed by atoms with Crippen molar-refractivity contribution in [2.75, 3.05) is 6.61 Å². The summed E-state index contributed by atoms with van der Waals surface area (Å²) in [7, 11) is 0. The molecule has 3 atom stereocenters. The Morgan fingerprint density at radius 3 is 2.82 bits per heavy atom. The first-order valence-corrected chi connectivity index (χ1v) is 4.27. The third kappa shape index (κ3) is 1.17. The van der Waals surface area contributed by atoms with Crippen molar-refractivity contribution >= 4 is 0 Å². The molecule has 0 amide bonds. The van der Waals surface area contributed by atoms with E-state index in [1.165, 1.54) is 12.8 Å². The lowest BCUT2D eigenvalue weighted by Crippen LogP contribution is -2.30. The lowest BCUT2D eigenvalue weighted by molar-refractivity contribution is -0.139. The summed E-state index contributed by atoms with van der Waals surface area (Å²) in [6, 6.07) is 0. The van der Waals surface area contributed by atoms with Gasteiger partial charge in [0.05, 0.1) is 6.61 Å². The number of rotatable bonds is 1. The Morgan fingerprint density at radius 1 is 1.27 bits per heavy atom. The molecule has 0 aromatic carbocycles. The van der Waals surface area contributed by atoms with Crippen molar-refractivity contribution in [1.82, 2.24) is 0 Å². The van der Waals surface area contributed by atoms with E-state index < -0.39 is 6.29 Å². The fraction of sp³-hybridized carbons (Fsp3) is 1.00. The number of fused-ring (bicyclic) bond motifs is 1. The molecule has 1 saturated carbocycles. The summed E-state index contributed by atoms with van der Waals surface area (Å²) in [4.78, 5) is 0. The summed E-state index contributed by atoms with van der Waals surface area (Å²) in [6.07, 6.45) is 1.95. The average molecular weight is 158 g/mol. The van der Waals surface area contributed by atoms with Crippen molar-refractivity contribution in [2.45, 2.75) is 31.7 Å². The van der Waals surface area contributed by atoms with Gasteiger partial charge in [0.25, 0.3) is 0 Å². The molecular formula is C8H14O3. The van der Waals surface area contributed by atoms with E-state index in [-0.39, 0.29) is 6.10 Å². The van der Waals surface area contributed by atoms with Gasteiger partial charge >= 0.3 is 0 Å². The fourth-order valence-electron chi connectivity index (χ4n) is 2.37. The summed E-state index contributed by atoms with van der Waals surface area (Å²) >= 11 is 0. The minimum absolute atomic E-state index is 0.303. The largest absolute Gasteiger partial charge is 0.372 e. The Morgan fingerprint density at radius 2 is 2.09 bits per heavy atom. The van der Waals surface area contributed by atoms with Crippen molar-refractivity contribution < 1.29 is 14.9 Å². The van der Waals surface area contributed by atoms with Crippen LogP contribution in [0, 0.1) is 11.8 Å². The molecule has 0 spiro atoms. The summed E-state index contributed by atoms with van der Waals surface area (Å²) in [5, 5.41) is 17.9. The molecule has 11 heavy (non-hydrogen) atoms. The van der Waals surface area contributed by atoms with Gasteiger partial charge in [-0.2, -0.15) is 0 Å². The van der Waals surface area contributed by atoms with Gasteiger partial charge in [0.15, 0.2) is 6.29 Å². The van der Waals surface area contributed by atoms with Crippen LogP contribution >= 0.6 is 0 Å². The molecule has 2 fully saturated rings. The second-order valence-electron chi connectivity index (χ2n) is 3.57. The van der Waals surface area contributed by atoms with Gasteiger partial charge in [-0.25, -0.2) is 0 Å². The maximum Gasteiger partial charge on any atom is 0.178 e. The molecule has 64 valence electrons. The lowest BCUT2D eigenvalue weighted by Gasteiger charge is -2.18. The summed E-state index contributed by atoms with van der Waals surface area (Å²) in [5.41, 5.74) is 0. The first kappa shape index (κ1) is 7.53. The molecule has 3 unspecified atom stereocenters. The second-order valence-corrected chi connectivity index (χ2v) is 3.57. The molecule has 1 saturated heterocycles. The van der Waals surface area contributed by atoms with E-state index in [2.05, 4.69) is 0 Å². The van der Waals surface area contributed by atoms with Crippen LogP contribution < -0.4 is 0 Å². The minimum atomic E-state index is -1.27. The smallest absolute Gasteiger partial charge is 0.178 e. The molecule has 0 bridgehead atoms. The van der Waals surface area contributed by atoms with Gasteiger partial charge in [-0.15, -0.1) is 0 Å². The van der Waals surface area contributed by atoms with E-state index in [4.69, 9.17) is 14.9 Å². The van der Waals surface area contributed by atoms with Crippen molar-refractivity contribution in [2.24, 2.45) is 11.8 Å². The third-order valence-electron chi connectivity index (χ3n) is 2.94. The van der Waals surface area contributed by atoms with Crippen molar-refractivity contribution in [3.63, 3.8) is 0 Å². The van der Waals surface area contributed by atoms with Gasteiger partial charge < -0.3 is 14.9 Å². The Hall–Kier alpha value is -0.120. The molecule has 1 aliphatic carbocycles. The zero-order valence-electron chi connectivity index (χ0n) is 6.44. The van der Waals surface area contributed by atoms with Crippen LogP contribution in [0.25, 0.3) is 0 Å². The molecule has 0 radical (unpaired) electrons. The summed E-state index contributed by atoms with van der Waals surface area (Å²) < 4.78 is 5.28. The molecule has 2 N–H and O–H groups in total. The Bertz CT molecular complexity index is 146. The Labute approximate surface area is 66.0 Å². The topological polar surface area (TPSA) is 49.7 Å². The molecule has 2 rings (SSSR count). The summed E-state index contributed by atoms with van der Waals surface area (Å²) in [6.45, 7) is 0.729. The number of hydrogen-bond acceptors (Lipinski definition) is 3. The van der Waals surface area contributed by atoms with Gasteiger partial charge in [-0.3, -0.25) is 0 Å². The van der Waals surface area contributed by atoms with Crippen LogP contribution in [0.15, 0.2) is 0 Å². The van der Waals surface area contributed by atoms with Crippen molar-refractivity contribution in [3.05, 3.63) is 0 Å². The molecule has 2 aliphatic rings. The summed E-state index contributed by atoms with van der Waals surface area (Å²) in [5.74, 6) is 1.01. The van der Waals surface area contributed by atoms with Crippen LogP contribution in [0.5, 0.6) is 0 Å². The Balaban J connectivity index is 2.03. The SMILES string of the molecule is OC(O)C1OCC2CCCC21. The first-order valence-electron chi connectivity index (χ1n) is 4.27. The van der Waals surface area contributed by atoms with E-state index in [1.807, 2.05) is 0 Å². The van der Waals surface area contributed by atoms with Crippen LogP contribution in [0.3, 0.4) is 0 Å². The predicted molar refractivity (Wildman–Crippen MR) is 38.8 cm³/mol. The fourth-order valence-corrected chi connectivity index (χ4v) is 2.37. The number of hydrogen-bond donors (Lipinski definition) is 2. The van der Waals surface area contributed by atoms with Gasteiger partial charge in [0, 0.05) is 0 Å². The van der Waals surface area contributed by atoms with Crippen LogP contribution in [0.4, 0.5) is 0 Å². The monoisotopic (exact) mass is 158 g/mol. The minimum Gasteiger partial charge on any atom is -0.372 e. The molecular weight excluding hydrogens is 144 g/mol. The number of ether oxygens (including phenoxy) is 1. The quantitative estimate of drug-likeness (QED) is 0.533. The molecule has 1 aliphatic heterocycles. The van der Waals surface area contributed by atoms with Crippen LogP contribution in [0.2, 0.25) is 0 Å². The molecule has 0 aromatic heterocycles. The van der Waals surface area contributed by atoms with Crippen LogP contribution in [-0.4, -0.2) is 29.2 Å². The highest BCUT2D eigenvalue weighted by Crippen LogP contribution is 2.41. The van der Waals surface area contributed by atoms with Gasteiger partial charge in [0.1, 0.15) is 6.10 Å². The zero-order valence-corrected chi connectivity index (χ0v) is 6.44. The molecule has 3 nitrogen and oxygen atoms in total. The van der Waals surface area contributed by atoms with E-state index >= 15 is 0 Å². The second kappa shape index (κ2) is 2.73. The van der Waals surface area contributed by atoms with Gasteiger partial charge in [-0.1, -0.05) is 6.42 Å².